The first kappa shape index (κ1) is 19.8. The molecule has 1 aromatic heterocycles. The van der Waals surface area contributed by atoms with Gasteiger partial charge in [0.05, 0.1) is 24.1 Å². The van der Waals surface area contributed by atoms with Crippen LogP contribution in [0.1, 0.15) is 24.0 Å². The van der Waals surface area contributed by atoms with Crippen molar-refractivity contribution in [2.24, 2.45) is 5.92 Å². The number of carbonyl (C=O) groups is 1. The van der Waals surface area contributed by atoms with Gasteiger partial charge in [0.25, 0.3) is 0 Å². The maximum absolute atomic E-state index is 12.8. The summed E-state index contributed by atoms with van der Waals surface area (Å²) in [5.74, 6) is 1.63. The predicted molar refractivity (Wildman–Crippen MR) is 118 cm³/mol. The molecule has 7 heteroatoms. The molecule has 0 radical (unpaired) electrons. The number of fused-ring (bicyclic) bond motifs is 1. The molecule has 0 aliphatic carbocycles. The van der Waals surface area contributed by atoms with Crippen LogP contribution in [0.2, 0.25) is 0 Å². The number of aromatic amines is 1. The van der Waals surface area contributed by atoms with Gasteiger partial charge in [-0.05, 0) is 55.7 Å². The van der Waals surface area contributed by atoms with E-state index in [0.717, 1.165) is 52.2 Å². The fourth-order valence-corrected chi connectivity index (χ4v) is 4.26. The summed E-state index contributed by atoms with van der Waals surface area (Å²) in [7, 11) is 1.64. The lowest BCUT2D eigenvalue weighted by Gasteiger charge is -2.31. The molecule has 1 aliphatic rings. The van der Waals surface area contributed by atoms with Gasteiger partial charge in [-0.25, -0.2) is 4.98 Å². The molecule has 3 aromatic rings. The number of piperidine rings is 1. The van der Waals surface area contributed by atoms with Crippen molar-refractivity contribution < 1.29 is 9.53 Å². The molecule has 4 rings (SSSR count). The van der Waals surface area contributed by atoms with Crippen LogP contribution >= 0.6 is 15.9 Å². The smallest absolute Gasteiger partial charge is 0.225 e. The van der Waals surface area contributed by atoms with Crippen LogP contribution in [0.3, 0.4) is 0 Å². The van der Waals surface area contributed by atoms with Gasteiger partial charge in [-0.3, -0.25) is 4.79 Å². The van der Waals surface area contributed by atoms with E-state index >= 15 is 0 Å². The fourth-order valence-electron chi connectivity index (χ4n) is 3.86. The molecule has 1 fully saturated rings. The van der Waals surface area contributed by atoms with Crippen molar-refractivity contribution in [2.45, 2.75) is 26.3 Å². The second-order valence-electron chi connectivity index (χ2n) is 7.54. The molecule has 2 aromatic carbocycles. The minimum absolute atomic E-state index is 0.0585. The van der Waals surface area contributed by atoms with Crippen molar-refractivity contribution in [1.82, 2.24) is 15.3 Å². The number of halogens is 1. The topological polar surface area (TPSA) is 70.2 Å². The summed E-state index contributed by atoms with van der Waals surface area (Å²) in [5, 5.41) is 3.08. The fraction of sp³-hybridized carbons (Fsp3) is 0.364. The minimum atomic E-state index is -0.0585. The van der Waals surface area contributed by atoms with Crippen molar-refractivity contribution in [2.75, 3.05) is 25.1 Å². The molecule has 1 aliphatic heterocycles. The number of imidazole rings is 1. The van der Waals surface area contributed by atoms with Crippen molar-refractivity contribution in [3.63, 3.8) is 0 Å². The quantitative estimate of drug-likeness (QED) is 0.604. The van der Waals surface area contributed by atoms with Gasteiger partial charge in [0.2, 0.25) is 11.9 Å². The largest absolute Gasteiger partial charge is 0.496 e. The Morgan fingerprint density at radius 3 is 3.03 bits per heavy atom. The van der Waals surface area contributed by atoms with Crippen LogP contribution in [0.5, 0.6) is 5.75 Å². The average molecular weight is 457 g/mol. The Labute approximate surface area is 178 Å². The molecule has 2 heterocycles. The maximum atomic E-state index is 12.8. The summed E-state index contributed by atoms with van der Waals surface area (Å²) < 4.78 is 6.36. The molecular formula is C22H25BrN4O2. The van der Waals surface area contributed by atoms with E-state index < -0.39 is 0 Å². The lowest BCUT2D eigenvalue weighted by molar-refractivity contribution is -0.125. The van der Waals surface area contributed by atoms with Gasteiger partial charge in [-0.15, -0.1) is 0 Å². The number of H-pyrrole nitrogens is 1. The summed E-state index contributed by atoms with van der Waals surface area (Å²) in [6.07, 6.45) is 1.85. The highest BCUT2D eigenvalue weighted by molar-refractivity contribution is 9.10. The van der Waals surface area contributed by atoms with E-state index in [1.54, 1.807) is 7.11 Å². The molecule has 2 N–H and O–H groups in total. The van der Waals surface area contributed by atoms with Gasteiger partial charge >= 0.3 is 0 Å². The molecule has 152 valence electrons. The van der Waals surface area contributed by atoms with Crippen LogP contribution in [0, 0.1) is 12.8 Å². The first-order valence-electron chi connectivity index (χ1n) is 9.85. The summed E-state index contributed by atoms with van der Waals surface area (Å²) in [5.41, 5.74) is 4.15. The zero-order valence-corrected chi connectivity index (χ0v) is 18.3. The Kier molecular flexibility index (Phi) is 5.76. The summed E-state index contributed by atoms with van der Waals surface area (Å²) in [6.45, 7) is 4.09. The van der Waals surface area contributed by atoms with E-state index in [-0.39, 0.29) is 11.8 Å². The first-order chi connectivity index (χ1) is 14.0. The van der Waals surface area contributed by atoms with Crippen LogP contribution in [-0.4, -0.2) is 36.1 Å². The first-order valence-corrected chi connectivity index (χ1v) is 10.6. The Balaban J connectivity index is 1.42. The third kappa shape index (κ3) is 4.40. The Morgan fingerprint density at radius 2 is 2.21 bits per heavy atom. The standard InChI is InChI=1S/C22H25BrN4O2/c1-14-5-7-18-19(10-14)26-22(25-18)27-9-3-4-15(13-27)21(28)24-12-16-11-17(23)6-8-20(16)29-2/h5-8,10-11,15H,3-4,9,12-13H2,1-2H3,(H,24,28)(H,25,26)/t15-/m0/s1. The van der Waals surface area contributed by atoms with Crippen LogP contribution in [0.25, 0.3) is 11.0 Å². The Bertz CT molecular complexity index is 1030. The molecule has 0 saturated carbocycles. The van der Waals surface area contributed by atoms with Gasteiger partial charge in [0, 0.05) is 29.7 Å². The zero-order chi connectivity index (χ0) is 20.4. The summed E-state index contributed by atoms with van der Waals surface area (Å²) in [6, 6.07) is 12.0. The number of rotatable bonds is 5. The van der Waals surface area contributed by atoms with Crippen LogP contribution in [0.15, 0.2) is 40.9 Å². The van der Waals surface area contributed by atoms with Gasteiger partial charge in [0.1, 0.15) is 5.75 Å². The van der Waals surface area contributed by atoms with E-state index in [4.69, 9.17) is 9.72 Å². The van der Waals surface area contributed by atoms with Gasteiger partial charge < -0.3 is 19.9 Å². The van der Waals surface area contributed by atoms with Crippen molar-refractivity contribution in [3.8, 4) is 5.75 Å². The van der Waals surface area contributed by atoms with E-state index in [0.29, 0.717) is 13.1 Å². The number of aryl methyl sites for hydroxylation is 1. The number of amides is 1. The third-order valence-corrected chi connectivity index (χ3v) is 5.91. The highest BCUT2D eigenvalue weighted by Crippen LogP contribution is 2.25. The predicted octanol–water partition coefficient (Wildman–Crippen LogP) is 4.18. The Hall–Kier alpha value is -2.54. The number of nitrogens with zero attached hydrogens (tertiary/aromatic N) is 2. The number of methoxy groups -OCH3 is 1. The van der Waals surface area contributed by atoms with Gasteiger partial charge in [0.15, 0.2) is 0 Å². The maximum Gasteiger partial charge on any atom is 0.225 e. The highest BCUT2D eigenvalue weighted by atomic mass is 79.9. The minimum Gasteiger partial charge on any atom is -0.496 e. The Morgan fingerprint density at radius 1 is 1.34 bits per heavy atom. The number of carbonyl (C=O) groups excluding carboxylic acids is 1. The van der Waals surface area contributed by atoms with Crippen LogP contribution in [-0.2, 0) is 11.3 Å². The number of ether oxygens (including phenoxy) is 1. The normalized spacial score (nSPS) is 16.8. The van der Waals surface area contributed by atoms with Crippen LogP contribution < -0.4 is 15.0 Å². The highest BCUT2D eigenvalue weighted by Gasteiger charge is 2.27. The molecule has 0 unspecified atom stereocenters. The van der Waals surface area contributed by atoms with Crippen molar-refractivity contribution in [3.05, 3.63) is 52.0 Å². The van der Waals surface area contributed by atoms with Gasteiger partial charge in [-0.1, -0.05) is 22.0 Å². The lowest BCUT2D eigenvalue weighted by atomic mass is 9.97. The number of benzene rings is 2. The second-order valence-corrected chi connectivity index (χ2v) is 8.46. The van der Waals surface area contributed by atoms with Crippen molar-refractivity contribution >= 4 is 38.8 Å². The third-order valence-electron chi connectivity index (χ3n) is 5.41. The van der Waals surface area contributed by atoms with E-state index in [1.807, 2.05) is 24.3 Å². The molecular weight excluding hydrogens is 432 g/mol. The molecule has 1 amide bonds. The van der Waals surface area contributed by atoms with Gasteiger partial charge in [-0.2, -0.15) is 0 Å². The molecule has 1 saturated heterocycles. The monoisotopic (exact) mass is 456 g/mol. The number of nitrogens with one attached hydrogen (secondary N) is 2. The summed E-state index contributed by atoms with van der Waals surface area (Å²) >= 11 is 3.48. The number of anilines is 1. The number of hydrogen-bond acceptors (Lipinski definition) is 4. The molecule has 0 bridgehead atoms. The molecule has 29 heavy (non-hydrogen) atoms. The SMILES string of the molecule is COc1ccc(Br)cc1CNC(=O)[C@H]1CCCN(c2nc3ccc(C)cc3[nH]2)C1. The lowest BCUT2D eigenvalue weighted by Crippen LogP contribution is -2.43. The molecule has 0 spiro atoms. The second kappa shape index (κ2) is 8.45. The molecule has 1 atom stereocenters. The zero-order valence-electron chi connectivity index (χ0n) is 16.7. The summed E-state index contributed by atoms with van der Waals surface area (Å²) in [4.78, 5) is 23.1. The van der Waals surface area contributed by atoms with E-state index in [1.165, 1.54) is 5.56 Å². The van der Waals surface area contributed by atoms with Crippen LogP contribution in [0.4, 0.5) is 5.95 Å². The van der Waals surface area contributed by atoms with E-state index in [2.05, 4.69) is 50.2 Å². The number of hydrogen-bond donors (Lipinski definition) is 2. The van der Waals surface area contributed by atoms with E-state index in [9.17, 15) is 4.79 Å². The van der Waals surface area contributed by atoms with Crippen molar-refractivity contribution in [1.29, 1.82) is 0 Å². The average Bonchev–Trinajstić information content (AvgIpc) is 3.15. The molecule has 6 nitrogen and oxygen atoms in total. The number of aromatic nitrogens is 2.